The monoisotopic (exact) mass is 279 g/mol. The highest BCUT2D eigenvalue weighted by molar-refractivity contribution is 5.99. The first kappa shape index (κ1) is 16.1. The minimum atomic E-state index is -0.872. The fourth-order valence-corrected chi connectivity index (χ4v) is 1.87. The Morgan fingerprint density at radius 3 is 2.60 bits per heavy atom. The number of aromatic nitrogens is 1. The zero-order chi connectivity index (χ0) is 15.0. The van der Waals surface area contributed by atoms with Gasteiger partial charge >= 0.3 is 0 Å². The van der Waals surface area contributed by atoms with Gasteiger partial charge in [-0.05, 0) is 24.5 Å². The van der Waals surface area contributed by atoms with Gasteiger partial charge in [0.1, 0.15) is 5.92 Å². The minimum Gasteiger partial charge on any atom is -0.355 e. The van der Waals surface area contributed by atoms with E-state index >= 15 is 0 Å². The SMILES string of the molecule is CC(C)CC(C(=O)NO)C(=O)NCCc1ccccn1. The Morgan fingerprint density at radius 1 is 1.30 bits per heavy atom. The van der Waals surface area contributed by atoms with Crippen LogP contribution in [-0.4, -0.2) is 28.6 Å². The van der Waals surface area contributed by atoms with Gasteiger partial charge in [-0.15, -0.1) is 0 Å². The van der Waals surface area contributed by atoms with E-state index in [1.807, 2.05) is 32.0 Å². The maximum Gasteiger partial charge on any atom is 0.255 e. The van der Waals surface area contributed by atoms with Gasteiger partial charge in [0.15, 0.2) is 0 Å². The lowest BCUT2D eigenvalue weighted by Gasteiger charge is -2.16. The van der Waals surface area contributed by atoms with Crippen LogP contribution < -0.4 is 10.8 Å². The summed E-state index contributed by atoms with van der Waals surface area (Å²) in [7, 11) is 0. The predicted molar refractivity (Wildman–Crippen MR) is 73.8 cm³/mol. The predicted octanol–water partition coefficient (Wildman–Crippen LogP) is 0.908. The second-order valence-electron chi connectivity index (χ2n) is 5.02. The summed E-state index contributed by atoms with van der Waals surface area (Å²) in [4.78, 5) is 27.6. The fraction of sp³-hybridized carbons (Fsp3) is 0.500. The molecule has 1 atom stereocenters. The van der Waals surface area contributed by atoms with Crippen molar-refractivity contribution in [2.45, 2.75) is 26.7 Å². The number of hydrogen-bond acceptors (Lipinski definition) is 4. The zero-order valence-electron chi connectivity index (χ0n) is 11.8. The number of hydroxylamine groups is 1. The Morgan fingerprint density at radius 2 is 2.05 bits per heavy atom. The molecule has 1 heterocycles. The van der Waals surface area contributed by atoms with Crippen molar-refractivity contribution >= 4 is 11.8 Å². The number of pyridine rings is 1. The van der Waals surface area contributed by atoms with E-state index in [1.165, 1.54) is 0 Å². The van der Waals surface area contributed by atoms with Gasteiger partial charge in [-0.25, -0.2) is 5.48 Å². The van der Waals surface area contributed by atoms with Crippen LogP contribution in [-0.2, 0) is 16.0 Å². The van der Waals surface area contributed by atoms with Gasteiger partial charge in [0, 0.05) is 24.9 Å². The molecule has 1 rings (SSSR count). The Balaban J connectivity index is 2.47. The molecule has 20 heavy (non-hydrogen) atoms. The number of carbonyl (C=O) groups is 2. The second kappa shape index (κ2) is 8.27. The maximum absolute atomic E-state index is 12.0. The van der Waals surface area contributed by atoms with Gasteiger partial charge in [0.2, 0.25) is 5.91 Å². The van der Waals surface area contributed by atoms with Crippen LogP contribution >= 0.6 is 0 Å². The average Bonchev–Trinajstić information content (AvgIpc) is 2.44. The lowest BCUT2D eigenvalue weighted by Crippen LogP contribution is -2.41. The Bertz CT molecular complexity index is 435. The fourth-order valence-electron chi connectivity index (χ4n) is 1.87. The summed E-state index contributed by atoms with van der Waals surface area (Å²) in [6.45, 7) is 4.24. The molecule has 0 aliphatic carbocycles. The van der Waals surface area contributed by atoms with Crippen molar-refractivity contribution < 1.29 is 14.8 Å². The normalized spacial score (nSPS) is 12.0. The molecule has 1 aromatic heterocycles. The standard InChI is InChI=1S/C14H21N3O3/c1-10(2)9-12(14(19)17-20)13(18)16-8-6-11-5-3-4-7-15-11/h3-5,7,10,12,20H,6,8-9H2,1-2H3,(H,16,18)(H,17,19). The van der Waals surface area contributed by atoms with E-state index in [1.54, 1.807) is 11.7 Å². The van der Waals surface area contributed by atoms with E-state index in [2.05, 4.69) is 10.3 Å². The number of nitrogens with zero attached hydrogens (tertiary/aromatic N) is 1. The van der Waals surface area contributed by atoms with Crippen LogP contribution in [0, 0.1) is 11.8 Å². The molecule has 6 heteroatoms. The van der Waals surface area contributed by atoms with Crippen molar-refractivity contribution in [1.82, 2.24) is 15.8 Å². The number of amides is 2. The number of hydrogen-bond donors (Lipinski definition) is 3. The molecule has 0 aliphatic rings. The molecule has 3 N–H and O–H groups in total. The smallest absolute Gasteiger partial charge is 0.255 e. The molecule has 0 saturated heterocycles. The average molecular weight is 279 g/mol. The van der Waals surface area contributed by atoms with Gasteiger partial charge in [0.25, 0.3) is 5.91 Å². The van der Waals surface area contributed by atoms with E-state index < -0.39 is 11.8 Å². The van der Waals surface area contributed by atoms with Gasteiger partial charge in [-0.2, -0.15) is 0 Å². The zero-order valence-corrected chi connectivity index (χ0v) is 11.8. The Hall–Kier alpha value is -1.95. The lowest BCUT2D eigenvalue weighted by molar-refractivity contribution is -0.141. The van der Waals surface area contributed by atoms with Crippen LogP contribution in [0.5, 0.6) is 0 Å². The van der Waals surface area contributed by atoms with Crippen molar-refractivity contribution in [3.63, 3.8) is 0 Å². The van der Waals surface area contributed by atoms with E-state index in [0.717, 1.165) is 5.69 Å². The van der Waals surface area contributed by atoms with Crippen LogP contribution in [0.25, 0.3) is 0 Å². The summed E-state index contributed by atoms with van der Waals surface area (Å²) >= 11 is 0. The van der Waals surface area contributed by atoms with E-state index in [4.69, 9.17) is 5.21 Å². The summed E-state index contributed by atoms with van der Waals surface area (Å²) < 4.78 is 0. The third kappa shape index (κ3) is 5.36. The first-order chi connectivity index (χ1) is 9.54. The highest BCUT2D eigenvalue weighted by atomic mass is 16.5. The van der Waals surface area contributed by atoms with Gasteiger partial charge in [-0.1, -0.05) is 19.9 Å². The number of rotatable bonds is 7. The van der Waals surface area contributed by atoms with Crippen molar-refractivity contribution in [2.75, 3.05) is 6.54 Å². The molecule has 0 spiro atoms. The molecule has 1 unspecified atom stereocenters. The quantitative estimate of drug-likeness (QED) is 0.393. The maximum atomic E-state index is 12.0. The molecule has 0 radical (unpaired) electrons. The van der Waals surface area contributed by atoms with E-state index in [-0.39, 0.29) is 11.8 Å². The molecule has 0 saturated carbocycles. The van der Waals surface area contributed by atoms with Crippen molar-refractivity contribution in [3.8, 4) is 0 Å². The summed E-state index contributed by atoms with van der Waals surface area (Å²) in [6, 6.07) is 5.58. The third-order valence-corrected chi connectivity index (χ3v) is 2.86. The summed E-state index contributed by atoms with van der Waals surface area (Å²) in [5.41, 5.74) is 2.42. The Labute approximate surface area is 118 Å². The van der Waals surface area contributed by atoms with Gasteiger partial charge in [0.05, 0.1) is 0 Å². The van der Waals surface area contributed by atoms with Crippen molar-refractivity contribution in [1.29, 1.82) is 0 Å². The Kier molecular flexibility index (Phi) is 6.66. The first-order valence-electron chi connectivity index (χ1n) is 6.66. The minimum absolute atomic E-state index is 0.179. The highest BCUT2D eigenvalue weighted by Crippen LogP contribution is 2.12. The molecule has 0 aliphatic heterocycles. The molecule has 1 aromatic rings. The molecule has 0 aromatic carbocycles. The van der Waals surface area contributed by atoms with Crippen LogP contribution in [0.15, 0.2) is 24.4 Å². The van der Waals surface area contributed by atoms with Crippen LogP contribution in [0.3, 0.4) is 0 Å². The molecule has 0 fully saturated rings. The molecule has 110 valence electrons. The third-order valence-electron chi connectivity index (χ3n) is 2.86. The molecular weight excluding hydrogens is 258 g/mol. The van der Waals surface area contributed by atoms with Crippen LogP contribution in [0.4, 0.5) is 0 Å². The lowest BCUT2D eigenvalue weighted by atomic mass is 9.95. The topological polar surface area (TPSA) is 91.3 Å². The molecule has 6 nitrogen and oxygen atoms in total. The summed E-state index contributed by atoms with van der Waals surface area (Å²) in [5, 5.41) is 11.4. The van der Waals surface area contributed by atoms with Crippen LogP contribution in [0.2, 0.25) is 0 Å². The number of nitrogens with one attached hydrogen (secondary N) is 2. The largest absolute Gasteiger partial charge is 0.355 e. The summed E-state index contributed by atoms with van der Waals surface area (Å²) in [6.07, 6.45) is 2.68. The molecule has 0 bridgehead atoms. The van der Waals surface area contributed by atoms with Crippen molar-refractivity contribution in [2.24, 2.45) is 11.8 Å². The first-order valence-corrected chi connectivity index (χ1v) is 6.66. The molecule has 2 amide bonds. The summed E-state index contributed by atoms with van der Waals surface area (Å²) in [5.74, 6) is -1.74. The number of carbonyl (C=O) groups excluding carboxylic acids is 2. The second-order valence-corrected chi connectivity index (χ2v) is 5.02. The highest BCUT2D eigenvalue weighted by Gasteiger charge is 2.26. The van der Waals surface area contributed by atoms with Gasteiger partial charge in [-0.3, -0.25) is 19.8 Å². The van der Waals surface area contributed by atoms with E-state index in [9.17, 15) is 9.59 Å². The van der Waals surface area contributed by atoms with Crippen LogP contribution in [0.1, 0.15) is 26.0 Å². The van der Waals surface area contributed by atoms with Gasteiger partial charge < -0.3 is 5.32 Å². The van der Waals surface area contributed by atoms with Crippen molar-refractivity contribution in [3.05, 3.63) is 30.1 Å². The van der Waals surface area contributed by atoms with E-state index in [0.29, 0.717) is 19.4 Å². The molecular formula is C14H21N3O3.